The van der Waals surface area contributed by atoms with Crippen molar-refractivity contribution in [1.29, 1.82) is 0 Å². The molecule has 0 aromatic rings. The molecule has 3 saturated carbocycles. The van der Waals surface area contributed by atoms with E-state index in [1.54, 1.807) is 0 Å². The zero-order valence-electron chi connectivity index (χ0n) is 41.3. The van der Waals surface area contributed by atoms with Crippen molar-refractivity contribution in [3.8, 4) is 0 Å². The van der Waals surface area contributed by atoms with E-state index in [0.29, 0.717) is 45.2 Å². The Morgan fingerprint density at radius 2 is 0.836 bits per heavy atom. The standard InChI is InChI=1S/C17H25NO5.C16H28N2O4.C16H27NO5/c1-4-17(2,3)16(22)18-7-8-23-15(21)13-11-6-5-10(9-11)12(13)14(19)20;1-4-16(2,3)15(22)18-10-9-17-13(19)11-7-5-6-8-12(11)14(20)21;1-4-16(2,3)15(21)17-9-10-22-14(20)12-8-6-5-7-11(12)13(18)19/h5-6,10-13H,4,7-9H2,1-3H3,(H,18,22)(H,19,20);11-12H,4-10H2,1-3H3,(H,17,19)(H,18,22)(H,20,21);11-12H,4-10H2,1-3H3,(H,17,21)(H,18,19). The van der Waals surface area contributed by atoms with E-state index in [-0.39, 0.29) is 61.8 Å². The Morgan fingerprint density at radius 1 is 0.478 bits per heavy atom. The zero-order valence-corrected chi connectivity index (χ0v) is 41.3. The predicted molar refractivity (Wildman–Crippen MR) is 248 cm³/mol. The molecule has 0 heterocycles. The lowest BCUT2D eigenvalue weighted by atomic mass is 9.79. The van der Waals surface area contributed by atoms with Crippen LogP contribution >= 0.6 is 0 Å². The van der Waals surface area contributed by atoms with Gasteiger partial charge < -0.3 is 46.1 Å². The molecule has 4 rings (SSSR count). The fourth-order valence-electron chi connectivity index (χ4n) is 8.46. The second-order valence-electron chi connectivity index (χ2n) is 20.1. The summed E-state index contributed by atoms with van der Waals surface area (Å²) in [6.45, 7) is 18.3. The van der Waals surface area contributed by atoms with Gasteiger partial charge in [-0.1, -0.05) is 100 Å². The largest absolute Gasteiger partial charge is 0.481 e. The fraction of sp³-hybridized carbons (Fsp3) is 0.776. The molecule has 67 heavy (non-hydrogen) atoms. The van der Waals surface area contributed by atoms with Crippen LogP contribution in [0.2, 0.25) is 0 Å². The highest BCUT2D eigenvalue weighted by Gasteiger charge is 2.52. The van der Waals surface area contributed by atoms with Gasteiger partial charge in [-0.3, -0.25) is 43.2 Å². The number of ether oxygens (including phenoxy) is 2. The summed E-state index contributed by atoms with van der Waals surface area (Å²) >= 11 is 0. The molecule has 0 aliphatic heterocycles. The smallest absolute Gasteiger partial charge is 0.310 e. The summed E-state index contributed by atoms with van der Waals surface area (Å²) in [5.74, 6) is -7.75. The van der Waals surface area contributed by atoms with E-state index in [4.69, 9.17) is 14.6 Å². The molecule has 18 nitrogen and oxygen atoms in total. The highest BCUT2D eigenvalue weighted by molar-refractivity contribution is 5.86. The number of carboxylic acid groups (broad SMARTS) is 3. The van der Waals surface area contributed by atoms with Crippen molar-refractivity contribution in [3.63, 3.8) is 0 Å². The summed E-state index contributed by atoms with van der Waals surface area (Å²) in [5, 5.41) is 38.7. The highest BCUT2D eigenvalue weighted by Crippen LogP contribution is 2.48. The highest BCUT2D eigenvalue weighted by atomic mass is 16.5. The Kier molecular flexibility index (Phi) is 23.5. The van der Waals surface area contributed by atoms with Gasteiger partial charge in [0.25, 0.3) is 0 Å². The van der Waals surface area contributed by atoms with Gasteiger partial charge in [-0.05, 0) is 63.2 Å². The Morgan fingerprint density at radius 3 is 1.25 bits per heavy atom. The molecule has 8 atom stereocenters. The number of allylic oxidation sites excluding steroid dienone is 2. The number of hydrogen-bond donors (Lipinski definition) is 7. The first kappa shape index (κ1) is 58.1. The van der Waals surface area contributed by atoms with Crippen LogP contribution in [0, 0.1) is 63.6 Å². The number of aliphatic carboxylic acids is 3. The first-order valence-corrected chi connectivity index (χ1v) is 24.2. The third-order valence-electron chi connectivity index (χ3n) is 14.3. The molecule has 380 valence electrons. The molecular weight excluding hydrogens is 869 g/mol. The first-order valence-electron chi connectivity index (χ1n) is 24.2. The van der Waals surface area contributed by atoms with Gasteiger partial charge in [0.15, 0.2) is 0 Å². The number of carbonyl (C=O) groups is 9. The van der Waals surface area contributed by atoms with Gasteiger partial charge in [0.2, 0.25) is 23.6 Å². The Bertz CT molecular complexity index is 1680. The van der Waals surface area contributed by atoms with Gasteiger partial charge >= 0.3 is 29.8 Å². The van der Waals surface area contributed by atoms with Crippen LogP contribution in [0.5, 0.6) is 0 Å². The molecule has 2 bridgehead atoms. The Labute approximate surface area is 396 Å². The van der Waals surface area contributed by atoms with E-state index >= 15 is 0 Å². The number of fused-ring (bicyclic) bond motifs is 2. The summed E-state index contributed by atoms with van der Waals surface area (Å²) in [6.07, 6.45) is 12.4. The van der Waals surface area contributed by atoms with Crippen molar-refractivity contribution in [2.45, 2.75) is 139 Å². The van der Waals surface area contributed by atoms with Crippen molar-refractivity contribution < 1.29 is 67.9 Å². The van der Waals surface area contributed by atoms with Crippen LogP contribution in [-0.2, 0) is 52.6 Å². The van der Waals surface area contributed by atoms with Crippen LogP contribution in [0.3, 0.4) is 0 Å². The zero-order chi connectivity index (χ0) is 50.7. The summed E-state index contributed by atoms with van der Waals surface area (Å²) in [5.41, 5.74) is -1.31. The number of hydrogen-bond acceptors (Lipinski definition) is 11. The SMILES string of the molecule is CCC(C)(C)C(=O)NCCNC(=O)C1CCCCC1C(=O)O.CCC(C)(C)C(=O)NCCOC(=O)C1C2C=CC(C2)C1C(=O)O.CCC(C)(C)C(=O)NCCOC(=O)C1CCCCC1C(=O)O. The van der Waals surface area contributed by atoms with Gasteiger partial charge in [-0.15, -0.1) is 0 Å². The Hall–Kier alpha value is -5.03. The van der Waals surface area contributed by atoms with Crippen molar-refractivity contribution in [1.82, 2.24) is 21.3 Å². The number of carboxylic acids is 3. The molecule has 0 saturated heterocycles. The number of rotatable bonds is 21. The number of carbonyl (C=O) groups excluding carboxylic acids is 6. The number of esters is 2. The van der Waals surface area contributed by atoms with Crippen molar-refractivity contribution >= 4 is 53.5 Å². The molecular formula is C49H80N4O14. The van der Waals surface area contributed by atoms with Crippen LogP contribution in [0.25, 0.3) is 0 Å². The van der Waals surface area contributed by atoms with Crippen LogP contribution in [0.4, 0.5) is 0 Å². The minimum absolute atomic E-state index is 0.0367. The molecule has 18 heteroatoms. The maximum atomic E-state index is 12.2. The van der Waals surface area contributed by atoms with E-state index < -0.39 is 81.6 Å². The van der Waals surface area contributed by atoms with E-state index in [9.17, 15) is 53.4 Å². The minimum atomic E-state index is -0.943. The summed E-state index contributed by atoms with van der Waals surface area (Å²) in [4.78, 5) is 106. The van der Waals surface area contributed by atoms with Crippen molar-refractivity contribution in [2.24, 2.45) is 63.6 Å². The number of amides is 4. The quantitative estimate of drug-likeness (QED) is 0.0447. The maximum absolute atomic E-state index is 12.2. The number of nitrogens with one attached hydrogen (secondary N) is 4. The summed E-state index contributed by atoms with van der Waals surface area (Å²) < 4.78 is 10.3. The minimum Gasteiger partial charge on any atom is -0.481 e. The lowest BCUT2D eigenvalue weighted by molar-refractivity contribution is -0.159. The normalized spacial score (nSPS) is 24.3. The van der Waals surface area contributed by atoms with E-state index in [0.717, 1.165) is 44.9 Å². The second-order valence-corrected chi connectivity index (χ2v) is 20.1. The lowest BCUT2D eigenvalue weighted by Gasteiger charge is -2.27. The molecule has 4 aliphatic rings. The van der Waals surface area contributed by atoms with Crippen LogP contribution in [0.15, 0.2) is 12.2 Å². The lowest BCUT2D eigenvalue weighted by Crippen LogP contribution is -2.44. The molecule has 7 N–H and O–H groups in total. The van der Waals surface area contributed by atoms with E-state index in [1.807, 2.05) is 74.5 Å². The molecule has 3 fully saturated rings. The first-order chi connectivity index (χ1) is 31.4. The molecule has 4 aliphatic carbocycles. The summed E-state index contributed by atoms with van der Waals surface area (Å²) in [7, 11) is 0. The molecule has 0 aromatic carbocycles. The van der Waals surface area contributed by atoms with E-state index in [2.05, 4.69) is 21.3 Å². The summed E-state index contributed by atoms with van der Waals surface area (Å²) in [6, 6.07) is 0. The predicted octanol–water partition coefficient (Wildman–Crippen LogP) is 5.12. The van der Waals surface area contributed by atoms with Gasteiger partial charge in [0, 0.05) is 29.3 Å². The van der Waals surface area contributed by atoms with Crippen LogP contribution in [-0.4, -0.2) is 108 Å². The van der Waals surface area contributed by atoms with Crippen molar-refractivity contribution in [2.75, 3.05) is 39.4 Å². The van der Waals surface area contributed by atoms with Gasteiger partial charge in [0.1, 0.15) is 13.2 Å². The topological polar surface area (TPSA) is 281 Å². The molecule has 0 radical (unpaired) electrons. The van der Waals surface area contributed by atoms with Crippen molar-refractivity contribution in [3.05, 3.63) is 12.2 Å². The fourth-order valence-corrected chi connectivity index (χ4v) is 8.46. The van der Waals surface area contributed by atoms with E-state index in [1.165, 1.54) is 0 Å². The average molecular weight is 949 g/mol. The van der Waals surface area contributed by atoms with Gasteiger partial charge in [-0.2, -0.15) is 0 Å². The molecule has 0 aromatic heterocycles. The second kappa shape index (κ2) is 27.1. The van der Waals surface area contributed by atoms with Crippen LogP contribution in [0.1, 0.15) is 139 Å². The molecule has 8 unspecified atom stereocenters. The third kappa shape index (κ3) is 17.5. The molecule has 4 amide bonds. The monoisotopic (exact) mass is 949 g/mol. The average Bonchev–Trinajstić information content (AvgIpc) is 3.93. The third-order valence-corrected chi connectivity index (χ3v) is 14.3. The van der Waals surface area contributed by atoms with Gasteiger partial charge in [0.05, 0.1) is 48.6 Å². The Balaban J connectivity index is 0.000000345. The van der Waals surface area contributed by atoms with Gasteiger partial charge in [-0.25, -0.2) is 0 Å². The maximum Gasteiger partial charge on any atom is 0.310 e. The van der Waals surface area contributed by atoms with Crippen LogP contribution < -0.4 is 21.3 Å². The molecule has 0 spiro atoms.